The molecule has 0 radical (unpaired) electrons. The summed E-state index contributed by atoms with van der Waals surface area (Å²) < 4.78 is 5.41. The SMILES string of the molecule is CCCCCCCCC=CCCCCCCCCOC(=O)CCCCCCCC=CC[C@H](O)CCCCCC. The van der Waals surface area contributed by atoms with Crippen molar-refractivity contribution < 1.29 is 14.6 Å². The van der Waals surface area contributed by atoms with Crippen molar-refractivity contribution in [3.63, 3.8) is 0 Å². The Morgan fingerprint density at radius 1 is 0.564 bits per heavy atom. The van der Waals surface area contributed by atoms with Crippen molar-refractivity contribution in [2.45, 2.75) is 193 Å². The fourth-order valence-corrected chi connectivity index (χ4v) is 4.97. The highest BCUT2D eigenvalue weighted by Crippen LogP contribution is 2.12. The standard InChI is InChI=1S/C36H68O3/c1-3-5-7-9-10-11-12-13-14-15-16-17-20-23-26-30-34-39-36(38)33-29-25-22-19-18-21-24-28-32-35(37)31-27-8-6-4-2/h13-14,24,28,35,37H,3-12,15-23,25-27,29-34H2,1-2H3/t35-/m1/s1. The lowest BCUT2D eigenvalue weighted by molar-refractivity contribution is -0.143. The van der Waals surface area contributed by atoms with Crippen LogP contribution in [0.1, 0.15) is 187 Å². The van der Waals surface area contributed by atoms with E-state index in [1.165, 1.54) is 122 Å². The number of ether oxygens (including phenoxy) is 1. The second kappa shape index (κ2) is 33.1. The maximum Gasteiger partial charge on any atom is 0.305 e. The molecule has 0 aromatic heterocycles. The van der Waals surface area contributed by atoms with Crippen LogP contribution in [0.15, 0.2) is 24.3 Å². The molecule has 3 heteroatoms. The average Bonchev–Trinajstić information content (AvgIpc) is 2.93. The Bertz CT molecular complexity index is 539. The van der Waals surface area contributed by atoms with Gasteiger partial charge in [0.05, 0.1) is 12.7 Å². The molecule has 3 nitrogen and oxygen atoms in total. The van der Waals surface area contributed by atoms with Gasteiger partial charge in [0.1, 0.15) is 0 Å². The van der Waals surface area contributed by atoms with Gasteiger partial charge in [-0.2, -0.15) is 0 Å². The predicted octanol–water partition coefficient (Wildman–Crippen LogP) is 11.6. The smallest absolute Gasteiger partial charge is 0.305 e. The lowest BCUT2D eigenvalue weighted by Crippen LogP contribution is -2.05. The molecule has 0 bridgehead atoms. The second-order valence-electron chi connectivity index (χ2n) is 11.7. The van der Waals surface area contributed by atoms with Crippen LogP contribution in [-0.4, -0.2) is 23.8 Å². The third-order valence-electron chi connectivity index (χ3n) is 7.64. The molecule has 0 heterocycles. The Morgan fingerprint density at radius 3 is 1.56 bits per heavy atom. The van der Waals surface area contributed by atoms with E-state index >= 15 is 0 Å². The van der Waals surface area contributed by atoms with Crippen LogP contribution < -0.4 is 0 Å². The summed E-state index contributed by atoms with van der Waals surface area (Å²) in [6, 6.07) is 0. The fraction of sp³-hybridized carbons (Fsp3) is 0.861. The summed E-state index contributed by atoms with van der Waals surface area (Å²) in [6.07, 6.45) is 41.1. The molecule has 0 rings (SSSR count). The Hall–Kier alpha value is -1.09. The number of rotatable bonds is 31. The first-order valence-corrected chi connectivity index (χ1v) is 17.3. The molecule has 0 saturated heterocycles. The van der Waals surface area contributed by atoms with Gasteiger partial charge in [0, 0.05) is 6.42 Å². The summed E-state index contributed by atoms with van der Waals surface area (Å²) in [5.41, 5.74) is 0. The van der Waals surface area contributed by atoms with Crippen LogP contribution >= 0.6 is 0 Å². The normalized spacial score (nSPS) is 12.6. The Kier molecular flexibility index (Phi) is 32.2. The van der Waals surface area contributed by atoms with Gasteiger partial charge in [0.25, 0.3) is 0 Å². The first kappa shape index (κ1) is 37.9. The molecule has 0 aliphatic heterocycles. The molecule has 0 aromatic rings. The van der Waals surface area contributed by atoms with Crippen molar-refractivity contribution in [3.8, 4) is 0 Å². The van der Waals surface area contributed by atoms with E-state index in [9.17, 15) is 9.90 Å². The van der Waals surface area contributed by atoms with Crippen molar-refractivity contribution in [1.29, 1.82) is 0 Å². The maximum atomic E-state index is 11.9. The quantitative estimate of drug-likeness (QED) is 0.0532. The van der Waals surface area contributed by atoms with Crippen LogP contribution in [0, 0.1) is 0 Å². The Labute approximate surface area is 244 Å². The highest BCUT2D eigenvalue weighted by atomic mass is 16.5. The lowest BCUT2D eigenvalue weighted by atomic mass is 10.1. The summed E-state index contributed by atoms with van der Waals surface area (Å²) in [5, 5.41) is 9.98. The predicted molar refractivity (Wildman–Crippen MR) is 171 cm³/mol. The Balaban J connectivity index is 3.29. The minimum Gasteiger partial charge on any atom is -0.466 e. The third kappa shape index (κ3) is 33.0. The molecule has 1 N–H and O–H groups in total. The van der Waals surface area contributed by atoms with Gasteiger partial charge in [-0.25, -0.2) is 0 Å². The molecule has 0 aliphatic rings. The van der Waals surface area contributed by atoms with Gasteiger partial charge in [-0.15, -0.1) is 0 Å². The number of aliphatic hydroxyl groups is 1. The molecule has 0 amide bonds. The third-order valence-corrected chi connectivity index (χ3v) is 7.64. The Morgan fingerprint density at radius 2 is 1.00 bits per heavy atom. The van der Waals surface area contributed by atoms with E-state index in [1.807, 2.05) is 0 Å². The number of hydrogen-bond acceptors (Lipinski definition) is 3. The highest BCUT2D eigenvalue weighted by Gasteiger charge is 2.03. The summed E-state index contributed by atoms with van der Waals surface area (Å²) in [7, 11) is 0. The minimum absolute atomic E-state index is 0.0149. The van der Waals surface area contributed by atoms with E-state index in [-0.39, 0.29) is 12.1 Å². The first-order valence-electron chi connectivity index (χ1n) is 17.3. The van der Waals surface area contributed by atoms with E-state index in [0.29, 0.717) is 13.0 Å². The molecule has 0 unspecified atom stereocenters. The molecule has 0 fully saturated rings. The van der Waals surface area contributed by atoms with Crippen LogP contribution in [0.2, 0.25) is 0 Å². The van der Waals surface area contributed by atoms with E-state index in [2.05, 4.69) is 38.2 Å². The highest BCUT2D eigenvalue weighted by molar-refractivity contribution is 5.69. The molecule has 39 heavy (non-hydrogen) atoms. The summed E-state index contributed by atoms with van der Waals surface area (Å²) in [6.45, 7) is 5.09. The van der Waals surface area contributed by atoms with Gasteiger partial charge in [-0.3, -0.25) is 4.79 Å². The van der Waals surface area contributed by atoms with Gasteiger partial charge in [-0.05, 0) is 64.2 Å². The van der Waals surface area contributed by atoms with Gasteiger partial charge < -0.3 is 9.84 Å². The monoisotopic (exact) mass is 549 g/mol. The largest absolute Gasteiger partial charge is 0.466 e. The molecule has 0 aliphatic carbocycles. The minimum atomic E-state index is -0.167. The van der Waals surface area contributed by atoms with Crippen LogP contribution in [-0.2, 0) is 9.53 Å². The van der Waals surface area contributed by atoms with Crippen molar-refractivity contribution in [1.82, 2.24) is 0 Å². The lowest BCUT2D eigenvalue weighted by Gasteiger charge is -2.07. The van der Waals surface area contributed by atoms with Crippen molar-refractivity contribution in [3.05, 3.63) is 24.3 Å². The number of allylic oxidation sites excluding steroid dienone is 3. The van der Waals surface area contributed by atoms with Crippen LogP contribution in [0.25, 0.3) is 0 Å². The van der Waals surface area contributed by atoms with E-state index in [4.69, 9.17) is 4.74 Å². The van der Waals surface area contributed by atoms with Crippen LogP contribution in [0.4, 0.5) is 0 Å². The van der Waals surface area contributed by atoms with Crippen LogP contribution in [0.5, 0.6) is 0 Å². The zero-order valence-corrected chi connectivity index (χ0v) is 26.4. The van der Waals surface area contributed by atoms with Crippen molar-refractivity contribution in [2.24, 2.45) is 0 Å². The second-order valence-corrected chi connectivity index (χ2v) is 11.7. The van der Waals surface area contributed by atoms with Gasteiger partial charge in [0.2, 0.25) is 0 Å². The van der Waals surface area contributed by atoms with Crippen LogP contribution in [0.3, 0.4) is 0 Å². The van der Waals surface area contributed by atoms with Gasteiger partial charge in [-0.1, -0.05) is 141 Å². The number of unbranched alkanes of at least 4 members (excludes halogenated alkanes) is 20. The molecule has 0 spiro atoms. The van der Waals surface area contributed by atoms with E-state index < -0.39 is 0 Å². The average molecular weight is 549 g/mol. The zero-order chi connectivity index (χ0) is 28.5. The summed E-state index contributed by atoms with van der Waals surface area (Å²) >= 11 is 0. The van der Waals surface area contributed by atoms with Crippen molar-refractivity contribution in [2.75, 3.05) is 6.61 Å². The van der Waals surface area contributed by atoms with E-state index in [0.717, 1.165) is 44.9 Å². The first-order chi connectivity index (χ1) is 19.2. The summed E-state index contributed by atoms with van der Waals surface area (Å²) in [4.78, 5) is 11.9. The fourth-order valence-electron chi connectivity index (χ4n) is 4.97. The maximum absolute atomic E-state index is 11.9. The number of aliphatic hydroxyl groups excluding tert-OH is 1. The molecular weight excluding hydrogens is 480 g/mol. The zero-order valence-electron chi connectivity index (χ0n) is 26.4. The summed E-state index contributed by atoms with van der Waals surface area (Å²) in [5.74, 6) is -0.0149. The number of carbonyl (C=O) groups is 1. The number of carbonyl (C=O) groups excluding carboxylic acids is 1. The number of hydrogen-bond donors (Lipinski definition) is 1. The topological polar surface area (TPSA) is 46.5 Å². The van der Waals surface area contributed by atoms with Gasteiger partial charge >= 0.3 is 5.97 Å². The van der Waals surface area contributed by atoms with E-state index in [1.54, 1.807) is 0 Å². The molecular formula is C36H68O3. The molecule has 0 aromatic carbocycles. The molecule has 230 valence electrons. The number of esters is 1. The molecule has 1 atom stereocenters. The van der Waals surface area contributed by atoms with Gasteiger partial charge in [0.15, 0.2) is 0 Å². The molecule has 0 saturated carbocycles. The van der Waals surface area contributed by atoms with Crippen molar-refractivity contribution >= 4 is 5.97 Å².